The first-order valence-corrected chi connectivity index (χ1v) is 5.00. The van der Waals surface area contributed by atoms with Gasteiger partial charge in [-0.25, -0.2) is 9.78 Å². The lowest BCUT2D eigenvalue weighted by atomic mass is 10.2. The third-order valence-corrected chi connectivity index (χ3v) is 2.09. The molecular weight excluding hydrogens is 244 g/mol. The van der Waals surface area contributed by atoms with Crippen molar-refractivity contribution < 1.29 is 29.0 Å². The molecule has 0 spiro atoms. The largest absolute Gasteiger partial charge is 0.481 e. The number of carbonyl (C=O) groups is 3. The zero-order valence-corrected chi connectivity index (χ0v) is 9.76. The molecule has 0 aromatic carbocycles. The second-order valence-corrected chi connectivity index (χ2v) is 3.61. The summed E-state index contributed by atoms with van der Waals surface area (Å²) in [7, 11) is 0. The molecule has 0 bridgehead atoms. The number of carboxylic acid groups (broad SMARTS) is 2. The van der Waals surface area contributed by atoms with Crippen molar-refractivity contribution in [3.63, 3.8) is 0 Å². The fourth-order valence-electron chi connectivity index (χ4n) is 1.34. The summed E-state index contributed by atoms with van der Waals surface area (Å²) in [6.45, 7) is 3.06. The van der Waals surface area contributed by atoms with Crippen molar-refractivity contribution in [2.75, 3.05) is 0 Å². The smallest absolute Gasteiger partial charge is 0.326 e. The van der Waals surface area contributed by atoms with Crippen LogP contribution in [-0.4, -0.2) is 39.1 Å². The van der Waals surface area contributed by atoms with Gasteiger partial charge in [-0.3, -0.25) is 9.59 Å². The molecule has 1 heterocycles. The minimum absolute atomic E-state index is 0.121. The lowest BCUT2D eigenvalue weighted by Gasteiger charge is -2.10. The first-order valence-electron chi connectivity index (χ1n) is 5.00. The monoisotopic (exact) mass is 256 g/mol. The molecule has 1 aromatic heterocycles. The number of nitrogens with zero attached hydrogens (tertiary/aromatic N) is 1. The van der Waals surface area contributed by atoms with Gasteiger partial charge < -0.3 is 19.9 Å². The number of aromatic nitrogens is 1. The van der Waals surface area contributed by atoms with Gasteiger partial charge in [-0.2, -0.15) is 0 Å². The highest BCUT2D eigenvalue weighted by Crippen LogP contribution is 2.09. The normalized spacial score (nSPS) is 11.9. The Labute approximate surface area is 102 Å². The van der Waals surface area contributed by atoms with Crippen molar-refractivity contribution in [1.82, 2.24) is 10.3 Å². The predicted molar refractivity (Wildman–Crippen MR) is 57.1 cm³/mol. The Bertz CT molecular complexity index is 493. The van der Waals surface area contributed by atoms with E-state index < -0.39 is 30.3 Å². The Balaban J connectivity index is 2.81. The molecule has 0 aliphatic rings. The highest BCUT2D eigenvalue weighted by molar-refractivity contribution is 5.95. The van der Waals surface area contributed by atoms with E-state index in [1.54, 1.807) is 0 Å². The standard InChI is InChI=1S/C10H12N2O6/c1-4-8(18-5(2)11-4)9(15)12-6(10(16)17)3-7(13)14/h6H,3H2,1-2H3,(H,12,15)(H,13,14)(H,16,17). The zero-order valence-electron chi connectivity index (χ0n) is 9.76. The van der Waals surface area contributed by atoms with Gasteiger partial charge in [0.15, 0.2) is 5.89 Å². The highest BCUT2D eigenvalue weighted by Gasteiger charge is 2.26. The average molecular weight is 256 g/mol. The van der Waals surface area contributed by atoms with Crippen LogP contribution in [-0.2, 0) is 9.59 Å². The van der Waals surface area contributed by atoms with Crippen LogP contribution in [0.3, 0.4) is 0 Å². The molecule has 1 aromatic rings. The van der Waals surface area contributed by atoms with E-state index in [9.17, 15) is 14.4 Å². The van der Waals surface area contributed by atoms with Crippen molar-refractivity contribution in [3.8, 4) is 0 Å². The number of amides is 1. The summed E-state index contributed by atoms with van der Waals surface area (Å²) in [4.78, 5) is 36.7. The molecule has 0 radical (unpaired) electrons. The molecule has 1 rings (SSSR count). The summed E-state index contributed by atoms with van der Waals surface area (Å²) < 4.78 is 5.00. The van der Waals surface area contributed by atoms with E-state index in [4.69, 9.17) is 14.6 Å². The fraction of sp³-hybridized carbons (Fsp3) is 0.400. The number of carboxylic acids is 2. The van der Waals surface area contributed by atoms with E-state index in [1.165, 1.54) is 13.8 Å². The topological polar surface area (TPSA) is 130 Å². The van der Waals surface area contributed by atoms with Crippen molar-refractivity contribution in [3.05, 3.63) is 17.3 Å². The van der Waals surface area contributed by atoms with Gasteiger partial charge >= 0.3 is 11.9 Å². The molecule has 0 fully saturated rings. The fourth-order valence-corrected chi connectivity index (χ4v) is 1.34. The van der Waals surface area contributed by atoms with Crippen LogP contribution in [0.1, 0.15) is 28.6 Å². The predicted octanol–water partition coefficient (Wildman–Crippen LogP) is -0.0509. The first kappa shape index (κ1) is 13.7. The quantitative estimate of drug-likeness (QED) is 0.673. The van der Waals surface area contributed by atoms with Crippen LogP contribution in [0.15, 0.2) is 4.42 Å². The van der Waals surface area contributed by atoms with Crippen LogP contribution >= 0.6 is 0 Å². The summed E-state index contributed by atoms with van der Waals surface area (Å²) >= 11 is 0. The molecule has 3 N–H and O–H groups in total. The maximum absolute atomic E-state index is 11.7. The van der Waals surface area contributed by atoms with Gasteiger partial charge in [0.1, 0.15) is 6.04 Å². The lowest BCUT2D eigenvalue weighted by Crippen LogP contribution is -2.42. The van der Waals surface area contributed by atoms with E-state index in [-0.39, 0.29) is 11.7 Å². The van der Waals surface area contributed by atoms with Gasteiger partial charge in [0, 0.05) is 6.92 Å². The summed E-state index contributed by atoms with van der Waals surface area (Å²) in [6.07, 6.45) is -0.715. The maximum atomic E-state index is 11.7. The molecule has 98 valence electrons. The number of aryl methyl sites for hydroxylation is 2. The molecule has 0 saturated carbocycles. The lowest BCUT2D eigenvalue weighted by molar-refractivity contribution is -0.145. The van der Waals surface area contributed by atoms with Gasteiger partial charge in [-0.15, -0.1) is 0 Å². The molecule has 1 unspecified atom stereocenters. The SMILES string of the molecule is Cc1nc(C)c(C(=O)NC(CC(=O)O)C(=O)O)o1. The van der Waals surface area contributed by atoms with E-state index in [1.807, 2.05) is 0 Å². The Morgan fingerprint density at radius 2 is 1.94 bits per heavy atom. The van der Waals surface area contributed by atoms with E-state index >= 15 is 0 Å². The number of nitrogens with one attached hydrogen (secondary N) is 1. The first-order chi connectivity index (χ1) is 8.31. The Kier molecular flexibility index (Phi) is 4.03. The zero-order chi connectivity index (χ0) is 13.9. The molecular formula is C10H12N2O6. The number of hydrogen-bond acceptors (Lipinski definition) is 5. The number of carbonyl (C=O) groups excluding carboxylic acids is 1. The molecule has 0 aliphatic heterocycles. The summed E-state index contributed by atoms with van der Waals surface area (Å²) in [5, 5.41) is 19.4. The maximum Gasteiger partial charge on any atom is 0.326 e. The molecule has 0 aliphatic carbocycles. The molecule has 8 heteroatoms. The van der Waals surface area contributed by atoms with Gasteiger partial charge in [-0.1, -0.05) is 0 Å². The molecule has 1 atom stereocenters. The molecule has 18 heavy (non-hydrogen) atoms. The van der Waals surface area contributed by atoms with Gasteiger partial charge in [-0.05, 0) is 6.92 Å². The van der Waals surface area contributed by atoms with Crippen LogP contribution in [0.5, 0.6) is 0 Å². The third kappa shape index (κ3) is 3.30. The average Bonchev–Trinajstić information content (AvgIpc) is 2.56. The van der Waals surface area contributed by atoms with Crippen molar-refractivity contribution in [2.45, 2.75) is 26.3 Å². The molecule has 0 saturated heterocycles. The van der Waals surface area contributed by atoms with Gasteiger partial charge in [0.05, 0.1) is 12.1 Å². The van der Waals surface area contributed by atoms with Crippen LogP contribution < -0.4 is 5.32 Å². The van der Waals surface area contributed by atoms with Crippen LogP contribution in [0, 0.1) is 13.8 Å². The van der Waals surface area contributed by atoms with Crippen LogP contribution in [0.2, 0.25) is 0 Å². The van der Waals surface area contributed by atoms with Crippen LogP contribution in [0.25, 0.3) is 0 Å². The van der Waals surface area contributed by atoms with Gasteiger partial charge in [0.2, 0.25) is 5.76 Å². The number of oxazole rings is 1. The minimum Gasteiger partial charge on any atom is -0.481 e. The van der Waals surface area contributed by atoms with Crippen molar-refractivity contribution in [1.29, 1.82) is 0 Å². The minimum atomic E-state index is -1.51. The summed E-state index contributed by atoms with van der Waals surface area (Å²) in [5.41, 5.74) is 0.310. The highest BCUT2D eigenvalue weighted by atomic mass is 16.4. The van der Waals surface area contributed by atoms with Gasteiger partial charge in [0.25, 0.3) is 5.91 Å². The number of rotatable bonds is 5. The molecule has 1 amide bonds. The second kappa shape index (κ2) is 5.30. The molecule has 8 nitrogen and oxygen atoms in total. The number of hydrogen-bond donors (Lipinski definition) is 3. The van der Waals surface area contributed by atoms with E-state index in [2.05, 4.69) is 10.3 Å². The van der Waals surface area contributed by atoms with E-state index in [0.29, 0.717) is 5.69 Å². The van der Waals surface area contributed by atoms with E-state index in [0.717, 1.165) is 0 Å². The Hall–Kier alpha value is -2.38. The third-order valence-electron chi connectivity index (χ3n) is 2.09. The second-order valence-electron chi connectivity index (χ2n) is 3.61. The van der Waals surface area contributed by atoms with Crippen molar-refractivity contribution in [2.24, 2.45) is 0 Å². The van der Waals surface area contributed by atoms with Crippen molar-refractivity contribution >= 4 is 17.8 Å². The summed E-state index contributed by atoms with van der Waals surface area (Å²) in [5.74, 6) is -3.42. The number of aliphatic carboxylic acids is 2. The Morgan fingerprint density at radius 3 is 2.33 bits per heavy atom. The van der Waals surface area contributed by atoms with Crippen LogP contribution in [0.4, 0.5) is 0 Å². The summed E-state index contributed by atoms with van der Waals surface area (Å²) in [6, 6.07) is -1.51. The Morgan fingerprint density at radius 1 is 1.33 bits per heavy atom.